The lowest BCUT2D eigenvalue weighted by molar-refractivity contribution is 0.249. The molecule has 0 aliphatic rings. The van der Waals surface area contributed by atoms with Gasteiger partial charge in [-0.15, -0.1) is 0 Å². The van der Waals surface area contributed by atoms with Crippen molar-refractivity contribution in [2.24, 2.45) is 13.0 Å². The van der Waals surface area contributed by atoms with E-state index in [2.05, 4.69) is 31.4 Å². The van der Waals surface area contributed by atoms with E-state index in [9.17, 15) is 10.4 Å². The molecule has 124 valence electrons. The minimum atomic E-state index is -0.102. The van der Waals surface area contributed by atoms with Gasteiger partial charge in [0.05, 0.1) is 35.5 Å². The number of fused-ring (bicyclic) bond motifs is 1. The molecule has 3 N–H and O–H groups in total. The molecule has 8 nitrogen and oxygen atoms in total. The molecule has 0 aromatic carbocycles. The molecular formula is C16H19N7O. The predicted molar refractivity (Wildman–Crippen MR) is 90.1 cm³/mol. The van der Waals surface area contributed by atoms with Crippen LogP contribution in [0.15, 0.2) is 18.6 Å². The van der Waals surface area contributed by atoms with Crippen LogP contribution in [0.2, 0.25) is 0 Å². The lowest BCUT2D eigenvalue weighted by Gasteiger charge is -2.20. The summed E-state index contributed by atoms with van der Waals surface area (Å²) in [5, 5.41) is 27.0. The summed E-state index contributed by atoms with van der Waals surface area (Å²) in [5.74, 6) is 0.902. The summed E-state index contributed by atoms with van der Waals surface area (Å²) in [7, 11) is 1.73. The van der Waals surface area contributed by atoms with Crippen molar-refractivity contribution in [3.05, 3.63) is 24.3 Å². The second-order valence-electron chi connectivity index (χ2n) is 5.99. The fourth-order valence-corrected chi connectivity index (χ4v) is 2.57. The lowest BCUT2D eigenvalue weighted by Crippen LogP contribution is -2.29. The van der Waals surface area contributed by atoms with Crippen LogP contribution in [0, 0.1) is 17.2 Å². The van der Waals surface area contributed by atoms with Gasteiger partial charge in [-0.05, 0) is 12.0 Å². The van der Waals surface area contributed by atoms with Gasteiger partial charge in [-0.25, -0.2) is 9.97 Å². The normalized spacial score (nSPS) is 12.5. The van der Waals surface area contributed by atoms with Crippen LogP contribution in [0.4, 0.5) is 5.82 Å². The van der Waals surface area contributed by atoms with Crippen LogP contribution in [0.3, 0.4) is 0 Å². The third-order valence-corrected chi connectivity index (χ3v) is 4.08. The molecule has 8 heteroatoms. The molecule has 24 heavy (non-hydrogen) atoms. The number of nitrogens with zero attached hydrogens (tertiary/aromatic N) is 5. The summed E-state index contributed by atoms with van der Waals surface area (Å²) in [6, 6.07) is 3.94. The first-order chi connectivity index (χ1) is 11.5. The number of aromatic nitrogens is 5. The zero-order chi connectivity index (χ0) is 17.3. The highest BCUT2D eigenvalue weighted by Gasteiger charge is 2.18. The van der Waals surface area contributed by atoms with Gasteiger partial charge in [0.15, 0.2) is 0 Å². The van der Waals surface area contributed by atoms with Crippen LogP contribution in [0.5, 0.6) is 0 Å². The molecule has 0 aliphatic heterocycles. The Hall–Kier alpha value is -2.92. The summed E-state index contributed by atoms with van der Waals surface area (Å²) in [4.78, 5) is 11.7. The zero-order valence-corrected chi connectivity index (χ0v) is 13.8. The molecule has 3 aromatic heterocycles. The number of aryl methyl sites for hydroxylation is 1. The van der Waals surface area contributed by atoms with E-state index in [0.717, 1.165) is 11.1 Å². The van der Waals surface area contributed by atoms with E-state index in [4.69, 9.17) is 0 Å². The topological polar surface area (TPSA) is 115 Å². The summed E-state index contributed by atoms with van der Waals surface area (Å²) in [6.45, 7) is 4.08. The van der Waals surface area contributed by atoms with Gasteiger partial charge in [0.1, 0.15) is 29.6 Å². The smallest absolute Gasteiger partial charge is 0.147 e. The Morgan fingerprint density at radius 1 is 1.42 bits per heavy atom. The molecule has 0 spiro atoms. The van der Waals surface area contributed by atoms with E-state index in [1.54, 1.807) is 13.2 Å². The van der Waals surface area contributed by atoms with Crippen molar-refractivity contribution in [2.45, 2.75) is 19.9 Å². The average molecular weight is 325 g/mol. The van der Waals surface area contributed by atoms with E-state index in [1.807, 2.05) is 19.9 Å². The van der Waals surface area contributed by atoms with E-state index in [0.29, 0.717) is 22.7 Å². The maximum Gasteiger partial charge on any atom is 0.147 e. The molecule has 3 rings (SSSR count). The zero-order valence-electron chi connectivity index (χ0n) is 13.8. The molecule has 1 atom stereocenters. The highest BCUT2D eigenvalue weighted by Crippen LogP contribution is 2.29. The summed E-state index contributed by atoms with van der Waals surface area (Å²) < 4.78 is 1.53. The summed E-state index contributed by atoms with van der Waals surface area (Å²) >= 11 is 0. The van der Waals surface area contributed by atoms with Gasteiger partial charge in [0.25, 0.3) is 0 Å². The first-order valence-electron chi connectivity index (χ1n) is 7.68. The third kappa shape index (κ3) is 2.70. The summed E-state index contributed by atoms with van der Waals surface area (Å²) in [5.41, 5.74) is 2.60. The highest BCUT2D eigenvalue weighted by molar-refractivity contribution is 5.92. The maximum absolute atomic E-state index is 9.52. The Kier molecular flexibility index (Phi) is 4.18. The highest BCUT2D eigenvalue weighted by atomic mass is 16.3. The maximum atomic E-state index is 9.52. The van der Waals surface area contributed by atoms with E-state index < -0.39 is 0 Å². The molecule has 0 saturated carbocycles. The van der Waals surface area contributed by atoms with E-state index >= 15 is 0 Å². The van der Waals surface area contributed by atoms with E-state index in [1.165, 1.54) is 11.0 Å². The summed E-state index contributed by atoms with van der Waals surface area (Å²) in [6.07, 6.45) is 3.11. The fraction of sp³-hybridized carbons (Fsp3) is 0.375. The molecule has 1 unspecified atom stereocenters. The second kappa shape index (κ2) is 6.29. The number of aliphatic hydroxyl groups excluding tert-OH is 1. The van der Waals surface area contributed by atoms with Crippen molar-refractivity contribution >= 4 is 16.9 Å². The number of hydrogen-bond donors (Lipinski definition) is 3. The monoisotopic (exact) mass is 325 g/mol. The fourth-order valence-electron chi connectivity index (χ4n) is 2.57. The number of anilines is 1. The largest absolute Gasteiger partial charge is 0.394 e. The number of nitrogens with one attached hydrogen (secondary N) is 2. The van der Waals surface area contributed by atoms with Crippen LogP contribution >= 0.6 is 0 Å². The molecule has 3 heterocycles. The third-order valence-electron chi connectivity index (χ3n) is 4.08. The predicted octanol–water partition coefficient (Wildman–Crippen LogP) is 1.66. The Morgan fingerprint density at radius 3 is 2.88 bits per heavy atom. The Morgan fingerprint density at radius 2 is 2.21 bits per heavy atom. The standard InChI is InChI=1S/C16H19N7O/c1-9(2)13(7-24)22-16-10-4-12(21-15(10)18-8-19-16)11-6-20-23(3)14(11)5-17/h4,6,8-9,13,24H,7H2,1-3H3,(H2,18,19,21,22). The molecule has 0 radical (unpaired) electrons. The molecule has 0 fully saturated rings. The van der Waals surface area contributed by atoms with Crippen LogP contribution in [-0.2, 0) is 7.05 Å². The van der Waals surface area contributed by atoms with Crippen molar-refractivity contribution in [3.8, 4) is 17.3 Å². The second-order valence-corrected chi connectivity index (χ2v) is 5.99. The number of aliphatic hydroxyl groups is 1. The Bertz CT molecular complexity index is 903. The minimum Gasteiger partial charge on any atom is -0.394 e. The molecule has 3 aromatic rings. The first-order valence-corrected chi connectivity index (χ1v) is 7.68. The minimum absolute atomic E-state index is 0.0155. The molecular weight excluding hydrogens is 306 g/mol. The molecule has 0 saturated heterocycles. The quantitative estimate of drug-likeness (QED) is 0.657. The van der Waals surface area contributed by atoms with Crippen molar-refractivity contribution in [2.75, 3.05) is 11.9 Å². The number of aromatic amines is 1. The van der Waals surface area contributed by atoms with Crippen molar-refractivity contribution in [3.63, 3.8) is 0 Å². The molecule has 0 bridgehead atoms. The van der Waals surface area contributed by atoms with Crippen molar-refractivity contribution in [1.29, 1.82) is 5.26 Å². The average Bonchev–Trinajstić information content (AvgIpc) is 3.15. The SMILES string of the molecule is CC(C)C(CO)Nc1ncnc2[nH]c(-c3cnn(C)c3C#N)cc12. The van der Waals surface area contributed by atoms with Gasteiger partial charge < -0.3 is 15.4 Å². The van der Waals surface area contributed by atoms with Gasteiger partial charge >= 0.3 is 0 Å². The Balaban J connectivity index is 2.06. The van der Waals surface area contributed by atoms with Crippen molar-refractivity contribution in [1.82, 2.24) is 24.7 Å². The van der Waals surface area contributed by atoms with Crippen LogP contribution in [0.25, 0.3) is 22.3 Å². The van der Waals surface area contributed by atoms with Gasteiger partial charge in [-0.3, -0.25) is 4.68 Å². The number of hydrogen-bond acceptors (Lipinski definition) is 6. The molecule has 0 aliphatic carbocycles. The number of H-pyrrole nitrogens is 1. The van der Waals surface area contributed by atoms with Crippen LogP contribution < -0.4 is 5.32 Å². The van der Waals surface area contributed by atoms with E-state index in [-0.39, 0.29) is 18.6 Å². The first kappa shape index (κ1) is 16.0. The van der Waals surface area contributed by atoms with Crippen molar-refractivity contribution < 1.29 is 5.11 Å². The number of nitriles is 1. The Labute approximate surface area is 139 Å². The lowest BCUT2D eigenvalue weighted by atomic mass is 10.1. The van der Waals surface area contributed by atoms with Gasteiger partial charge in [0, 0.05) is 7.05 Å². The van der Waals surface area contributed by atoms with Gasteiger partial charge in [-0.2, -0.15) is 10.4 Å². The van der Waals surface area contributed by atoms with Crippen LogP contribution in [0.1, 0.15) is 19.5 Å². The van der Waals surface area contributed by atoms with Crippen LogP contribution in [-0.4, -0.2) is 42.5 Å². The van der Waals surface area contributed by atoms with Gasteiger partial charge in [-0.1, -0.05) is 13.8 Å². The molecule has 0 amide bonds. The van der Waals surface area contributed by atoms with Gasteiger partial charge in [0.2, 0.25) is 0 Å². The number of rotatable bonds is 5.